The summed E-state index contributed by atoms with van der Waals surface area (Å²) < 4.78 is 0. The standard InChI is InChI=1S/C7H11NO4/c1-2-6(10)8-5(3-4-9)7(11)12/h2,5,9H,1,3-4H2,(H,8,10)(H,11,12). The first-order valence-electron chi connectivity index (χ1n) is 3.38. The summed E-state index contributed by atoms with van der Waals surface area (Å²) in [5, 5.41) is 19.1. The SMILES string of the molecule is C=CC(=O)NC(CCO)C(=O)O. The van der Waals surface area contributed by atoms with Crippen LogP contribution in [0, 0.1) is 0 Å². The average molecular weight is 173 g/mol. The number of rotatable bonds is 5. The molecule has 0 aromatic heterocycles. The van der Waals surface area contributed by atoms with Gasteiger partial charge in [-0.25, -0.2) is 4.79 Å². The van der Waals surface area contributed by atoms with Crippen molar-refractivity contribution < 1.29 is 19.8 Å². The second-order valence-electron chi connectivity index (χ2n) is 2.12. The number of aliphatic hydroxyl groups is 1. The van der Waals surface area contributed by atoms with Gasteiger partial charge in [0.1, 0.15) is 6.04 Å². The average Bonchev–Trinajstić information content (AvgIpc) is 2.03. The van der Waals surface area contributed by atoms with Crippen LogP contribution in [0.5, 0.6) is 0 Å². The van der Waals surface area contributed by atoms with E-state index in [2.05, 4.69) is 11.9 Å². The van der Waals surface area contributed by atoms with Gasteiger partial charge in [0.2, 0.25) is 5.91 Å². The minimum Gasteiger partial charge on any atom is -0.480 e. The van der Waals surface area contributed by atoms with Gasteiger partial charge in [-0.1, -0.05) is 6.58 Å². The molecule has 0 fully saturated rings. The van der Waals surface area contributed by atoms with Crippen molar-refractivity contribution in [2.24, 2.45) is 0 Å². The van der Waals surface area contributed by atoms with Crippen molar-refractivity contribution in [1.82, 2.24) is 5.32 Å². The molecule has 0 bridgehead atoms. The van der Waals surface area contributed by atoms with Crippen LogP contribution >= 0.6 is 0 Å². The lowest BCUT2D eigenvalue weighted by molar-refractivity contribution is -0.141. The molecule has 0 aliphatic rings. The van der Waals surface area contributed by atoms with Crippen molar-refractivity contribution in [3.8, 4) is 0 Å². The topological polar surface area (TPSA) is 86.6 Å². The van der Waals surface area contributed by atoms with Gasteiger partial charge in [-0.3, -0.25) is 4.79 Å². The maximum absolute atomic E-state index is 10.6. The fourth-order valence-corrected chi connectivity index (χ4v) is 0.617. The number of nitrogens with one attached hydrogen (secondary N) is 1. The molecule has 5 heteroatoms. The van der Waals surface area contributed by atoms with Gasteiger partial charge in [0.15, 0.2) is 0 Å². The quantitative estimate of drug-likeness (QED) is 0.471. The molecule has 0 saturated carbocycles. The van der Waals surface area contributed by atoms with Gasteiger partial charge in [0, 0.05) is 13.0 Å². The number of hydrogen-bond donors (Lipinski definition) is 3. The van der Waals surface area contributed by atoms with Crippen LogP contribution in [0.1, 0.15) is 6.42 Å². The molecular formula is C7H11NO4. The zero-order valence-corrected chi connectivity index (χ0v) is 6.49. The van der Waals surface area contributed by atoms with Gasteiger partial charge in [0.25, 0.3) is 0 Å². The number of carboxylic acids is 1. The summed E-state index contributed by atoms with van der Waals surface area (Å²) >= 11 is 0. The van der Waals surface area contributed by atoms with Gasteiger partial charge in [-0.2, -0.15) is 0 Å². The smallest absolute Gasteiger partial charge is 0.326 e. The zero-order chi connectivity index (χ0) is 9.56. The van der Waals surface area contributed by atoms with Crippen LogP contribution in [0.3, 0.4) is 0 Å². The van der Waals surface area contributed by atoms with Crippen molar-refractivity contribution >= 4 is 11.9 Å². The molecule has 0 aromatic carbocycles. The van der Waals surface area contributed by atoms with Crippen molar-refractivity contribution in [2.45, 2.75) is 12.5 Å². The molecule has 12 heavy (non-hydrogen) atoms. The van der Waals surface area contributed by atoms with E-state index < -0.39 is 17.9 Å². The third-order valence-electron chi connectivity index (χ3n) is 1.22. The first-order valence-corrected chi connectivity index (χ1v) is 3.38. The van der Waals surface area contributed by atoms with Gasteiger partial charge >= 0.3 is 5.97 Å². The molecule has 0 heterocycles. The summed E-state index contributed by atoms with van der Waals surface area (Å²) in [6.07, 6.45) is 0.974. The van der Waals surface area contributed by atoms with Crippen LogP contribution in [0.2, 0.25) is 0 Å². The maximum Gasteiger partial charge on any atom is 0.326 e. The number of aliphatic carboxylic acids is 1. The van der Waals surface area contributed by atoms with E-state index in [-0.39, 0.29) is 13.0 Å². The molecule has 0 aromatic rings. The highest BCUT2D eigenvalue weighted by Crippen LogP contribution is 1.90. The predicted octanol–water partition coefficient (Wildman–Crippen LogP) is -0.876. The first kappa shape index (κ1) is 10.6. The summed E-state index contributed by atoms with van der Waals surface area (Å²) in [5.41, 5.74) is 0. The summed E-state index contributed by atoms with van der Waals surface area (Å²) in [6, 6.07) is -1.04. The van der Waals surface area contributed by atoms with Gasteiger partial charge < -0.3 is 15.5 Å². The predicted molar refractivity (Wildman–Crippen MR) is 41.5 cm³/mol. The van der Waals surface area contributed by atoms with Crippen LogP contribution < -0.4 is 5.32 Å². The first-order chi connectivity index (χ1) is 5.61. The van der Waals surface area contributed by atoms with Gasteiger partial charge in [0.05, 0.1) is 0 Å². The number of carboxylic acid groups (broad SMARTS) is 1. The Morgan fingerprint density at radius 1 is 1.58 bits per heavy atom. The maximum atomic E-state index is 10.6. The molecule has 68 valence electrons. The largest absolute Gasteiger partial charge is 0.480 e. The Kier molecular flexibility index (Phi) is 4.71. The number of hydrogen-bond acceptors (Lipinski definition) is 3. The molecule has 0 aliphatic heterocycles. The van der Waals surface area contributed by atoms with E-state index in [1.807, 2.05) is 0 Å². The molecule has 0 radical (unpaired) electrons. The van der Waals surface area contributed by atoms with Gasteiger partial charge in [-0.05, 0) is 6.08 Å². The Labute approximate surface area is 69.7 Å². The van der Waals surface area contributed by atoms with E-state index in [1.54, 1.807) is 0 Å². The highest BCUT2D eigenvalue weighted by atomic mass is 16.4. The second kappa shape index (κ2) is 5.31. The molecular weight excluding hydrogens is 162 g/mol. The van der Waals surface area contributed by atoms with Crippen molar-refractivity contribution in [2.75, 3.05) is 6.61 Å². The molecule has 1 amide bonds. The summed E-state index contributed by atoms with van der Waals surface area (Å²) in [6.45, 7) is 2.88. The minimum absolute atomic E-state index is 0.00505. The van der Waals surface area contributed by atoms with Gasteiger partial charge in [-0.15, -0.1) is 0 Å². The lowest BCUT2D eigenvalue weighted by Crippen LogP contribution is -2.40. The number of aliphatic hydroxyl groups excluding tert-OH is 1. The van der Waals surface area contributed by atoms with E-state index in [4.69, 9.17) is 10.2 Å². The molecule has 0 aliphatic carbocycles. The number of amides is 1. The molecule has 1 atom stereocenters. The molecule has 0 spiro atoms. The molecule has 3 N–H and O–H groups in total. The van der Waals surface area contributed by atoms with Crippen molar-refractivity contribution in [1.29, 1.82) is 0 Å². The molecule has 0 saturated heterocycles. The third kappa shape index (κ3) is 3.72. The molecule has 5 nitrogen and oxygen atoms in total. The van der Waals surface area contributed by atoms with E-state index in [1.165, 1.54) is 0 Å². The van der Waals surface area contributed by atoms with Crippen molar-refractivity contribution in [3.05, 3.63) is 12.7 Å². The van der Waals surface area contributed by atoms with E-state index >= 15 is 0 Å². The fraction of sp³-hybridized carbons (Fsp3) is 0.429. The Balaban J connectivity index is 4.03. The van der Waals surface area contributed by atoms with Crippen LogP contribution in [0.25, 0.3) is 0 Å². The van der Waals surface area contributed by atoms with Crippen LogP contribution in [-0.4, -0.2) is 34.7 Å². The van der Waals surface area contributed by atoms with Crippen LogP contribution in [0.4, 0.5) is 0 Å². The lowest BCUT2D eigenvalue weighted by atomic mass is 10.2. The fourth-order valence-electron chi connectivity index (χ4n) is 0.617. The summed E-state index contributed by atoms with van der Waals surface area (Å²) in [5.74, 6) is -1.73. The molecule has 1 unspecified atom stereocenters. The summed E-state index contributed by atoms with van der Waals surface area (Å²) in [4.78, 5) is 21.0. The lowest BCUT2D eigenvalue weighted by Gasteiger charge is -2.10. The minimum atomic E-state index is -1.17. The monoisotopic (exact) mass is 173 g/mol. The Morgan fingerprint density at radius 3 is 2.50 bits per heavy atom. The van der Waals surface area contributed by atoms with E-state index in [0.29, 0.717) is 0 Å². The van der Waals surface area contributed by atoms with E-state index in [0.717, 1.165) is 6.08 Å². The Morgan fingerprint density at radius 2 is 2.17 bits per heavy atom. The molecule has 0 rings (SSSR count). The highest BCUT2D eigenvalue weighted by Gasteiger charge is 2.17. The Bertz CT molecular complexity index is 190. The second-order valence-corrected chi connectivity index (χ2v) is 2.12. The van der Waals surface area contributed by atoms with Crippen LogP contribution in [-0.2, 0) is 9.59 Å². The highest BCUT2D eigenvalue weighted by molar-refractivity contribution is 5.90. The van der Waals surface area contributed by atoms with E-state index in [9.17, 15) is 9.59 Å². The Hall–Kier alpha value is -1.36. The zero-order valence-electron chi connectivity index (χ0n) is 6.49. The van der Waals surface area contributed by atoms with Crippen LogP contribution in [0.15, 0.2) is 12.7 Å². The number of carbonyl (C=O) groups excluding carboxylic acids is 1. The number of carbonyl (C=O) groups is 2. The normalized spacial score (nSPS) is 11.8. The van der Waals surface area contributed by atoms with Crippen molar-refractivity contribution in [3.63, 3.8) is 0 Å². The summed E-state index contributed by atoms with van der Waals surface area (Å²) in [7, 11) is 0. The third-order valence-corrected chi connectivity index (χ3v) is 1.22.